The Morgan fingerprint density at radius 1 is 1.07 bits per heavy atom. The van der Waals surface area contributed by atoms with Crippen molar-refractivity contribution in [2.45, 2.75) is 38.4 Å². The van der Waals surface area contributed by atoms with E-state index in [0.717, 1.165) is 22.4 Å². The van der Waals surface area contributed by atoms with Gasteiger partial charge in [0.15, 0.2) is 17.3 Å². The van der Waals surface area contributed by atoms with Crippen molar-refractivity contribution in [2.24, 2.45) is 16.5 Å². The lowest BCUT2D eigenvalue weighted by molar-refractivity contribution is 0.354. The van der Waals surface area contributed by atoms with Crippen molar-refractivity contribution in [3.05, 3.63) is 70.9 Å². The van der Waals surface area contributed by atoms with Gasteiger partial charge in [-0.3, -0.25) is 5.73 Å². The Bertz CT molecular complexity index is 922. The standard InChI is InChI=1S/C23H30N4O2/c1-15(2)19-12-21(29-4)20(28-3)11-17(19)10-18-14-26-23(25,27-22(18)24)13-16-8-6-5-7-9-16/h5-9,11-12,14-15,26H,10,13,25H2,1-4H3,(H2,24,27). The molecule has 1 unspecified atom stereocenters. The lowest BCUT2D eigenvalue weighted by Gasteiger charge is -2.31. The maximum Gasteiger partial charge on any atom is 0.188 e. The number of rotatable bonds is 7. The first-order chi connectivity index (χ1) is 13.8. The monoisotopic (exact) mass is 394 g/mol. The SMILES string of the molecule is COc1cc(CC2=CNC(N)(Cc3ccccc3)N=C2N)c(C(C)C)cc1OC. The van der Waals surface area contributed by atoms with Gasteiger partial charge < -0.3 is 20.5 Å². The highest BCUT2D eigenvalue weighted by molar-refractivity contribution is 5.98. The third-order valence-electron chi connectivity index (χ3n) is 5.11. The van der Waals surface area contributed by atoms with Gasteiger partial charge in [-0.1, -0.05) is 44.2 Å². The maximum absolute atomic E-state index is 6.44. The van der Waals surface area contributed by atoms with Gasteiger partial charge in [-0.15, -0.1) is 0 Å². The van der Waals surface area contributed by atoms with Crippen molar-refractivity contribution in [3.8, 4) is 11.5 Å². The molecule has 1 atom stereocenters. The molecule has 2 aromatic rings. The third kappa shape index (κ3) is 4.71. The van der Waals surface area contributed by atoms with E-state index >= 15 is 0 Å². The summed E-state index contributed by atoms with van der Waals surface area (Å²) >= 11 is 0. The van der Waals surface area contributed by atoms with Gasteiger partial charge in [0.05, 0.1) is 14.2 Å². The second-order valence-corrected chi connectivity index (χ2v) is 7.64. The Kier molecular flexibility index (Phi) is 6.13. The predicted molar refractivity (Wildman–Crippen MR) is 117 cm³/mol. The summed E-state index contributed by atoms with van der Waals surface area (Å²) in [6.07, 6.45) is 3.05. The van der Waals surface area contributed by atoms with Crippen LogP contribution >= 0.6 is 0 Å². The van der Waals surface area contributed by atoms with Gasteiger partial charge in [0.25, 0.3) is 0 Å². The van der Waals surface area contributed by atoms with Gasteiger partial charge in [-0.05, 0) is 34.7 Å². The van der Waals surface area contributed by atoms with Crippen LogP contribution in [0.4, 0.5) is 0 Å². The highest BCUT2D eigenvalue weighted by Crippen LogP contribution is 2.35. The molecule has 29 heavy (non-hydrogen) atoms. The van der Waals surface area contributed by atoms with Gasteiger partial charge in [0.1, 0.15) is 5.84 Å². The number of benzene rings is 2. The molecule has 0 saturated heterocycles. The quantitative estimate of drug-likeness (QED) is 0.671. The molecule has 154 valence electrons. The van der Waals surface area contributed by atoms with E-state index in [1.807, 2.05) is 48.7 Å². The molecule has 0 amide bonds. The Morgan fingerprint density at radius 2 is 1.72 bits per heavy atom. The second-order valence-electron chi connectivity index (χ2n) is 7.64. The van der Waals surface area contributed by atoms with Crippen molar-refractivity contribution in [2.75, 3.05) is 14.2 Å². The van der Waals surface area contributed by atoms with Crippen molar-refractivity contribution < 1.29 is 9.47 Å². The number of nitrogens with one attached hydrogen (secondary N) is 1. The molecule has 1 aliphatic heterocycles. The number of amidine groups is 1. The van der Waals surface area contributed by atoms with Crippen molar-refractivity contribution in [1.29, 1.82) is 0 Å². The third-order valence-corrected chi connectivity index (χ3v) is 5.11. The number of hydrogen-bond donors (Lipinski definition) is 3. The van der Waals surface area contributed by atoms with E-state index in [1.54, 1.807) is 14.2 Å². The topological polar surface area (TPSA) is 94.9 Å². The summed E-state index contributed by atoms with van der Waals surface area (Å²) in [4.78, 5) is 4.57. The van der Waals surface area contributed by atoms with E-state index in [2.05, 4.69) is 24.2 Å². The molecule has 0 aliphatic carbocycles. The van der Waals surface area contributed by atoms with Crippen LogP contribution in [-0.4, -0.2) is 25.8 Å². The first kappa shape index (κ1) is 20.7. The molecule has 5 N–H and O–H groups in total. The number of ether oxygens (including phenoxy) is 2. The molecule has 0 bridgehead atoms. The van der Waals surface area contributed by atoms with Gasteiger partial charge in [0.2, 0.25) is 0 Å². The van der Waals surface area contributed by atoms with Gasteiger partial charge >= 0.3 is 0 Å². The van der Waals surface area contributed by atoms with E-state index in [-0.39, 0.29) is 0 Å². The number of aliphatic imine (C=N–C) groups is 1. The first-order valence-corrected chi connectivity index (χ1v) is 9.75. The smallest absolute Gasteiger partial charge is 0.188 e. The minimum absolute atomic E-state index is 0.326. The lowest BCUT2D eigenvalue weighted by atomic mass is 9.91. The Labute approximate surface area is 172 Å². The molecule has 1 aliphatic rings. The van der Waals surface area contributed by atoms with Crippen LogP contribution in [0.5, 0.6) is 11.5 Å². The summed E-state index contributed by atoms with van der Waals surface area (Å²) < 4.78 is 10.9. The Hall–Kier alpha value is -2.99. The average Bonchev–Trinajstić information content (AvgIpc) is 2.70. The summed E-state index contributed by atoms with van der Waals surface area (Å²) in [7, 11) is 3.29. The number of nitrogens with zero attached hydrogens (tertiary/aromatic N) is 1. The summed E-state index contributed by atoms with van der Waals surface area (Å²) in [5.41, 5.74) is 17.1. The molecule has 0 spiro atoms. The molecule has 6 nitrogen and oxygen atoms in total. The molecule has 0 aromatic heterocycles. The molecule has 6 heteroatoms. The summed E-state index contributed by atoms with van der Waals surface area (Å²) in [6.45, 7) is 4.31. The van der Waals surface area contributed by atoms with Crippen LogP contribution in [0.2, 0.25) is 0 Å². The van der Waals surface area contributed by atoms with Crippen LogP contribution in [0.3, 0.4) is 0 Å². The number of hydrogen-bond acceptors (Lipinski definition) is 6. The molecule has 1 heterocycles. The van der Waals surface area contributed by atoms with Crippen molar-refractivity contribution in [1.82, 2.24) is 5.32 Å². The average molecular weight is 395 g/mol. The first-order valence-electron chi connectivity index (χ1n) is 9.75. The van der Waals surface area contributed by atoms with Crippen molar-refractivity contribution >= 4 is 5.84 Å². The number of methoxy groups -OCH3 is 2. The molecule has 0 radical (unpaired) electrons. The largest absolute Gasteiger partial charge is 0.493 e. The second kappa shape index (κ2) is 8.57. The summed E-state index contributed by atoms with van der Waals surface area (Å²) in [5.74, 6) is 1.25. The zero-order chi connectivity index (χ0) is 21.0. The van der Waals surface area contributed by atoms with Crippen molar-refractivity contribution in [3.63, 3.8) is 0 Å². The number of nitrogens with two attached hydrogens (primary N) is 2. The van der Waals surface area contributed by atoms with Crippen LogP contribution < -0.4 is 26.3 Å². The molecule has 0 saturated carbocycles. The molecule has 3 rings (SSSR count). The van der Waals surface area contributed by atoms with E-state index in [4.69, 9.17) is 20.9 Å². The normalized spacial score (nSPS) is 18.7. The van der Waals surface area contributed by atoms with Crippen LogP contribution in [0, 0.1) is 0 Å². The lowest BCUT2D eigenvalue weighted by Crippen LogP contribution is -2.55. The minimum atomic E-state index is -0.951. The van der Waals surface area contributed by atoms with E-state index in [9.17, 15) is 0 Å². The van der Waals surface area contributed by atoms with E-state index in [0.29, 0.717) is 30.3 Å². The fourth-order valence-electron chi connectivity index (χ4n) is 3.58. The Morgan fingerprint density at radius 3 is 2.31 bits per heavy atom. The zero-order valence-corrected chi connectivity index (χ0v) is 17.5. The predicted octanol–water partition coefficient (Wildman–Crippen LogP) is 3.07. The van der Waals surface area contributed by atoms with E-state index < -0.39 is 5.79 Å². The molecular formula is C23H30N4O2. The molecule has 0 fully saturated rings. The fourth-order valence-corrected chi connectivity index (χ4v) is 3.58. The highest BCUT2D eigenvalue weighted by atomic mass is 16.5. The fraction of sp³-hybridized carbons (Fsp3) is 0.348. The van der Waals surface area contributed by atoms with Crippen LogP contribution in [0.15, 0.2) is 59.2 Å². The van der Waals surface area contributed by atoms with E-state index in [1.165, 1.54) is 5.56 Å². The van der Waals surface area contributed by atoms with Gasteiger partial charge in [-0.2, -0.15) is 0 Å². The van der Waals surface area contributed by atoms with Gasteiger partial charge in [0, 0.05) is 24.6 Å². The maximum atomic E-state index is 6.44. The molecular weight excluding hydrogens is 364 g/mol. The van der Waals surface area contributed by atoms with Gasteiger partial charge in [-0.25, -0.2) is 4.99 Å². The highest BCUT2D eigenvalue weighted by Gasteiger charge is 2.28. The molecule has 2 aromatic carbocycles. The van der Waals surface area contributed by atoms with Crippen LogP contribution in [-0.2, 0) is 12.8 Å². The Balaban J connectivity index is 1.84. The summed E-state index contributed by atoms with van der Waals surface area (Å²) in [6, 6.07) is 14.1. The zero-order valence-electron chi connectivity index (χ0n) is 17.5. The van der Waals surface area contributed by atoms with Crippen LogP contribution in [0.1, 0.15) is 36.5 Å². The van der Waals surface area contributed by atoms with Crippen LogP contribution in [0.25, 0.3) is 0 Å². The summed E-state index contributed by atoms with van der Waals surface area (Å²) in [5, 5.41) is 3.24. The minimum Gasteiger partial charge on any atom is -0.493 e.